The van der Waals surface area contributed by atoms with Crippen molar-refractivity contribution in [3.63, 3.8) is 0 Å². The van der Waals surface area contributed by atoms with Crippen molar-refractivity contribution in [3.05, 3.63) is 53.9 Å². The van der Waals surface area contributed by atoms with Crippen molar-refractivity contribution in [1.29, 1.82) is 0 Å². The maximum Gasteiger partial charge on any atom is 0.274 e. The van der Waals surface area contributed by atoms with Gasteiger partial charge in [0, 0.05) is 37.6 Å². The van der Waals surface area contributed by atoms with E-state index in [1.54, 1.807) is 24.5 Å². The number of nitrogens with one attached hydrogen (secondary N) is 1. The van der Waals surface area contributed by atoms with Crippen LogP contribution in [0.2, 0.25) is 0 Å². The van der Waals surface area contributed by atoms with E-state index in [0.29, 0.717) is 43.0 Å². The summed E-state index contributed by atoms with van der Waals surface area (Å²) in [6.07, 6.45) is 5.77. The van der Waals surface area contributed by atoms with Crippen LogP contribution in [0.1, 0.15) is 35.4 Å². The van der Waals surface area contributed by atoms with E-state index in [-0.39, 0.29) is 23.5 Å². The van der Waals surface area contributed by atoms with E-state index in [1.807, 2.05) is 11.8 Å². The number of benzene rings is 1. The minimum atomic E-state index is -0.321. The molecule has 2 aliphatic heterocycles. The molecule has 8 heteroatoms. The molecule has 2 aromatic rings. The first-order valence-electron chi connectivity index (χ1n) is 10.8. The van der Waals surface area contributed by atoms with Crippen molar-refractivity contribution in [2.45, 2.75) is 32.2 Å². The van der Waals surface area contributed by atoms with E-state index in [9.17, 15) is 14.0 Å². The van der Waals surface area contributed by atoms with E-state index in [4.69, 9.17) is 0 Å². The molecular formula is C23H28FN5O2. The third-order valence-electron chi connectivity index (χ3n) is 6.45. The van der Waals surface area contributed by atoms with Gasteiger partial charge in [-0.3, -0.25) is 14.6 Å². The normalized spacial score (nSPS) is 22.5. The molecule has 0 aliphatic carbocycles. The second-order valence-corrected chi connectivity index (χ2v) is 8.61. The number of rotatable bonds is 4. The van der Waals surface area contributed by atoms with Gasteiger partial charge in [0.15, 0.2) is 0 Å². The Labute approximate surface area is 181 Å². The summed E-state index contributed by atoms with van der Waals surface area (Å²) in [5.41, 5.74) is 1.79. The summed E-state index contributed by atoms with van der Waals surface area (Å²) < 4.78 is 13.1. The smallest absolute Gasteiger partial charge is 0.274 e. The molecule has 2 fully saturated rings. The van der Waals surface area contributed by atoms with Crippen LogP contribution in [0.15, 0.2) is 36.7 Å². The molecule has 3 heterocycles. The molecule has 2 amide bonds. The van der Waals surface area contributed by atoms with E-state index < -0.39 is 0 Å². The molecule has 2 aliphatic rings. The van der Waals surface area contributed by atoms with Crippen LogP contribution in [-0.2, 0) is 4.79 Å². The second-order valence-electron chi connectivity index (χ2n) is 8.61. The van der Waals surface area contributed by atoms with Crippen molar-refractivity contribution in [2.24, 2.45) is 11.8 Å². The van der Waals surface area contributed by atoms with Crippen LogP contribution < -0.4 is 5.32 Å². The van der Waals surface area contributed by atoms with Crippen molar-refractivity contribution in [2.75, 3.05) is 32.0 Å². The Morgan fingerprint density at radius 1 is 1.10 bits per heavy atom. The van der Waals surface area contributed by atoms with Crippen LogP contribution in [0.5, 0.6) is 0 Å². The van der Waals surface area contributed by atoms with Crippen molar-refractivity contribution < 1.29 is 14.0 Å². The molecule has 31 heavy (non-hydrogen) atoms. The first kappa shape index (κ1) is 21.4. The molecule has 0 bridgehead atoms. The number of anilines is 1. The maximum atomic E-state index is 13.1. The molecule has 1 aromatic carbocycles. The van der Waals surface area contributed by atoms with Crippen LogP contribution in [0.25, 0.3) is 0 Å². The SMILES string of the molecule is Cc1cnc(C(=O)N2CCC(C3CC(C(=O)Nc4ccc(F)cc4)CN3C)CC2)cn1. The Bertz CT molecular complexity index is 926. The van der Waals surface area contributed by atoms with Gasteiger partial charge in [-0.2, -0.15) is 0 Å². The van der Waals surface area contributed by atoms with Crippen molar-refractivity contribution in [1.82, 2.24) is 19.8 Å². The van der Waals surface area contributed by atoms with Gasteiger partial charge in [0.25, 0.3) is 5.91 Å². The molecule has 2 atom stereocenters. The van der Waals surface area contributed by atoms with Crippen LogP contribution in [-0.4, -0.2) is 64.3 Å². The monoisotopic (exact) mass is 425 g/mol. The summed E-state index contributed by atoms with van der Waals surface area (Å²) in [5, 5.41) is 2.90. The third kappa shape index (κ3) is 4.90. The summed E-state index contributed by atoms with van der Waals surface area (Å²) in [7, 11) is 2.06. The molecule has 164 valence electrons. The largest absolute Gasteiger partial charge is 0.337 e. The summed E-state index contributed by atoms with van der Waals surface area (Å²) in [5.74, 6) is -0.0592. The fourth-order valence-corrected chi connectivity index (χ4v) is 4.70. The predicted molar refractivity (Wildman–Crippen MR) is 115 cm³/mol. The number of aryl methyl sites for hydroxylation is 1. The molecule has 1 aromatic heterocycles. The fraction of sp³-hybridized carbons (Fsp3) is 0.478. The van der Waals surface area contributed by atoms with Crippen LogP contribution >= 0.6 is 0 Å². The summed E-state index contributed by atoms with van der Waals surface area (Å²) in [6.45, 7) is 3.93. The van der Waals surface area contributed by atoms with Gasteiger partial charge in [0.1, 0.15) is 11.5 Å². The third-order valence-corrected chi connectivity index (χ3v) is 6.45. The average Bonchev–Trinajstić information content (AvgIpc) is 3.17. The van der Waals surface area contributed by atoms with Crippen molar-refractivity contribution in [3.8, 4) is 0 Å². The quantitative estimate of drug-likeness (QED) is 0.815. The number of halogens is 1. The van der Waals surface area contributed by atoms with Gasteiger partial charge in [-0.15, -0.1) is 0 Å². The number of likely N-dealkylation sites (tertiary alicyclic amines) is 2. The van der Waals surface area contributed by atoms with Gasteiger partial charge in [-0.25, -0.2) is 9.37 Å². The Balaban J connectivity index is 1.30. The zero-order valence-electron chi connectivity index (χ0n) is 17.9. The predicted octanol–water partition coefficient (Wildman–Crippen LogP) is 2.74. The minimum absolute atomic E-state index is 0.0217. The molecular weight excluding hydrogens is 397 g/mol. The molecule has 0 spiro atoms. The van der Waals surface area contributed by atoms with E-state index in [1.165, 1.54) is 12.1 Å². The Morgan fingerprint density at radius 2 is 1.81 bits per heavy atom. The Kier molecular flexibility index (Phi) is 6.27. The number of hydrogen-bond donors (Lipinski definition) is 1. The molecule has 0 radical (unpaired) electrons. The number of hydrogen-bond acceptors (Lipinski definition) is 5. The molecule has 1 N–H and O–H groups in total. The first-order chi connectivity index (χ1) is 14.9. The van der Waals surface area contributed by atoms with Crippen molar-refractivity contribution >= 4 is 17.5 Å². The average molecular weight is 426 g/mol. The van der Waals surface area contributed by atoms with Crippen LogP contribution in [0.3, 0.4) is 0 Å². The summed E-state index contributed by atoms with van der Waals surface area (Å²) in [4.78, 5) is 37.9. The standard InChI is InChI=1S/C23H28FN5O2/c1-15-12-26-20(13-25-15)23(31)29-9-7-16(8-10-29)21-11-17(14-28(21)2)22(30)27-19-5-3-18(24)4-6-19/h3-6,12-13,16-17,21H,7-11,14H2,1-2H3,(H,27,30). The highest BCUT2D eigenvalue weighted by Gasteiger charge is 2.39. The summed E-state index contributed by atoms with van der Waals surface area (Å²) >= 11 is 0. The lowest BCUT2D eigenvalue weighted by Gasteiger charge is -2.37. The van der Waals surface area contributed by atoms with E-state index >= 15 is 0 Å². The molecule has 7 nitrogen and oxygen atoms in total. The lowest BCUT2D eigenvalue weighted by molar-refractivity contribution is -0.119. The maximum absolute atomic E-state index is 13.1. The lowest BCUT2D eigenvalue weighted by atomic mass is 9.86. The highest BCUT2D eigenvalue weighted by Crippen LogP contribution is 2.33. The van der Waals surface area contributed by atoms with Gasteiger partial charge in [0.05, 0.1) is 17.8 Å². The Morgan fingerprint density at radius 3 is 2.45 bits per heavy atom. The zero-order valence-corrected chi connectivity index (χ0v) is 17.9. The fourth-order valence-electron chi connectivity index (χ4n) is 4.70. The minimum Gasteiger partial charge on any atom is -0.337 e. The van der Waals surface area contributed by atoms with E-state index in [0.717, 1.165) is 25.0 Å². The first-order valence-corrected chi connectivity index (χ1v) is 10.8. The highest BCUT2D eigenvalue weighted by atomic mass is 19.1. The molecule has 2 saturated heterocycles. The van der Waals surface area contributed by atoms with Gasteiger partial charge in [-0.1, -0.05) is 0 Å². The topological polar surface area (TPSA) is 78.4 Å². The molecule has 4 rings (SSSR count). The molecule has 0 saturated carbocycles. The summed E-state index contributed by atoms with van der Waals surface area (Å²) in [6, 6.07) is 6.16. The lowest BCUT2D eigenvalue weighted by Crippen LogP contribution is -2.44. The number of piperidine rings is 1. The Hall–Kier alpha value is -2.87. The van der Waals surface area contributed by atoms with Gasteiger partial charge >= 0.3 is 0 Å². The second kappa shape index (κ2) is 9.09. The number of carbonyl (C=O) groups is 2. The number of carbonyl (C=O) groups excluding carboxylic acids is 2. The van der Waals surface area contributed by atoms with Gasteiger partial charge in [-0.05, 0) is 63.4 Å². The number of nitrogens with zero attached hydrogens (tertiary/aromatic N) is 4. The zero-order chi connectivity index (χ0) is 22.0. The van der Waals surface area contributed by atoms with Crippen LogP contribution in [0.4, 0.5) is 10.1 Å². The van der Waals surface area contributed by atoms with Gasteiger partial charge in [0.2, 0.25) is 5.91 Å². The number of amides is 2. The molecule has 2 unspecified atom stereocenters. The van der Waals surface area contributed by atoms with Crippen LogP contribution in [0, 0.1) is 24.6 Å². The number of aromatic nitrogens is 2. The van der Waals surface area contributed by atoms with E-state index in [2.05, 4.69) is 27.2 Å². The van der Waals surface area contributed by atoms with Gasteiger partial charge < -0.3 is 15.1 Å². The highest BCUT2D eigenvalue weighted by molar-refractivity contribution is 5.93.